The van der Waals surface area contributed by atoms with E-state index in [9.17, 15) is 15.1 Å². The highest BCUT2D eigenvalue weighted by Gasteiger charge is 2.36. The second kappa shape index (κ2) is 8.33. The number of carbonyl (C=O) groups is 1. The Bertz CT molecular complexity index is 1290. The van der Waals surface area contributed by atoms with Crippen LogP contribution in [0.25, 0.3) is 10.9 Å². The number of anilines is 2. The van der Waals surface area contributed by atoms with Crippen molar-refractivity contribution in [3.8, 4) is 12.3 Å². The summed E-state index contributed by atoms with van der Waals surface area (Å²) in [5.74, 6) is 2.45. The maximum atomic E-state index is 13.1. The average molecular weight is 461 g/mol. The Morgan fingerprint density at radius 2 is 2.00 bits per heavy atom. The first-order valence-corrected chi connectivity index (χ1v) is 11.7. The molecule has 34 heavy (non-hydrogen) atoms. The van der Waals surface area contributed by atoms with E-state index in [1.165, 1.54) is 0 Å². The number of rotatable bonds is 5. The van der Waals surface area contributed by atoms with Crippen LogP contribution in [0.1, 0.15) is 66.7 Å². The molecule has 5 rings (SSSR count). The molecular weight excluding hydrogens is 430 g/mol. The molecule has 1 aromatic carbocycles. The third-order valence-electron chi connectivity index (χ3n) is 7.02. The number of carbonyl (C=O) groups excluding carboxylic acids is 1. The summed E-state index contributed by atoms with van der Waals surface area (Å²) in [5, 5.41) is 29.6. The van der Waals surface area contributed by atoms with Crippen molar-refractivity contribution in [2.75, 3.05) is 24.3 Å². The van der Waals surface area contributed by atoms with E-state index < -0.39 is 5.60 Å². The summed E-state index contributed by atoms with van der Waals surface area (Å²) in [4.78, 5) is 15.0. The van der Waals surface area contributed by atoms with Crippen LogP contribution in [0.2, 0.25) is 0 Å². The summed E-state index contributed by atoms with van der Waals surface area (Å²) in [6, 6.07) is 9.32. The van der Waals surface area contributed by atoms with E-state index in [-0.39, 0.29) is 17.6 Å². The standard InChI is InChI=1S/C26H29N5O3/c1-4-26(33)12-10-19(11-13-26)30-16-18-14-21(24(29(2)3)15-20(18)28-30)27-25(32)23-7-5-6-22(31(23)34)17-8-9-17/h1,5-7,14-17,19,33H,8-13H2,2-3H3,(H-,27,32,34)/p+1. The van der Waals surface area contributed by atoms with E-state index in [4.69, 9.17) is 11.5 Å². The molecule has 2 fully saturated rings. The molecule has 0 radical (unpaired) electrons. The topological polar surface area (TPSA) is 94.5 Å². The number of benzene rings is 1. The van der Waals surface area contributed by atoms with Gasteiger partial charge in [0.05, 0.1) is 22.9 Å². The maximum absolute atomic E-state index is 13.1. The third kappa shape index (κ3) is 4.08. The molecule has 3 N–H and O–H groups in total. The molecule has 8 heteroatoms. The monoisotopic (exact) mass is 460 g/mol. The molecule has 2 aromatic heterocycles. The third-order valence-corrected chi connectivity index (χ3v) is 7.02. The van der Waals surface area contributed by atoms with Gasteiger partial charge in [-0.1, -0.05) is 5.92 Å². The summed E-state index contributed by atoms with van der Waals surface area (Å²) >= 11 is 0. The van der Waals surface area contributed by atoms with E-state index in [0.29, 0.717) is 24.4 Å². The largest absolute Gasteiger partial charge is 0.378 e. The SMILES string of the molecule is C#CC1(O)CCC(n2cc3cc(NC(=O)c4cccc(C5CC5)[n+]4O)c(N(C)C)cc3n2)CC1. The van der Waals surface area contributed by atoms with Gasteiger partial charge in [-0.05, 0) is 56.7 Å². The highest BCUT2D eigenvalue weighted by molar-refractivity contribution is 6.05. The van der Waals surface area contributed by atoms with Crippen molar-refractivity contribution >= 4 is 28.2 Å². The van der Waals surface area contributed by atoms with Gasteiger partial charge in [-0.3, -0.25) is 14.7 Å². The number of aliphatic hydroxyl groups is 1. The Morgan fingerprint density at radius 1 is 1.26 bits per heavy atom. The fourth-order valence-corrected chi connectivity index (χ4v) is 4.79. The molecule has 1 amide bonds. The van der Waals surface area contributed by atoms with Gasteiger partial charge in [-0.2, -0.15) is 5.10 Å². The molecule has 2 aliphatic rings. The molecule has 3 aromatic rings. The van der Waals surface area contributed by atoms with E-state index in [1.54, 1.807) is 12.1 Å². The summed E-state index contributed by atoms with van der Waals surface area (Å²) < 4.78 is 2.96. The van der Waals surface area contributed by atoms with Crippen LogP contribution in [-0.4, -0.2) is 45.7 Å². The highest BCUT2D eigenvalue weighted by Crippen LogP contribution is 2.38. The smallest absolute Gasteiger partial charge is 0.325 e. The Balaban J connectivity index is 1.43. The fourth-order valence-electron chi connectivity index (χ4n) is 4.79. The van der Waals surface area contributed by atoms with E-state index in [0.717, 1.165) is 52.7 Å². The minimum atomic E-state index is -1.01. The first kappa shape index (κ1) is 22.2. The van der Waals surface area contributed by atoms with Crippen LogP contribution < -0.4 is 14.9 Å². The molecule has 176 valence electrons. The first-order valence-electron chi connectivity index (χ1n) is 11.7. The number of amides is 1. The number of terminal acetylenes is 1. The number of hydrogen-bond donors (Lipinski definition) is 3. The second-order valence-corrected chi connectivity index (χ2v) is 9.71. The zero-order chi connectivity index (χ0) is 24.0. The molecular formula is C26H30N5O3+. The Hall–Kier alpha value is -3.57. The fraction of sp³-hybridized carbons (Fsp3) is 0.423. The minimum absolute atomic E-state index is 0.167. The van der Waals surface area contributed by atoms with Crippen LogP contribution in [0.5, 0.6) is 0 Å². The van der Waals surface area contributed by atoms with Crippen molar-refractivity contribution in [2.24, 2.45) is 0 Å². The van der Waals surface area contributed by atoms with Crippen molar-refractivity contribution in [3.05, 3.63) is 47.9 Å². The zero-order valence-electron chi connectivity index (χ0n) is 19.5. The second-order valence-electron chi connectivity index (χ2n) is 9.71. The van der Waals surface area contributed by atoms with Crippen molar-refractivity contribution in [3.63, 3.8) is 0 Å². The first-order chi connectivity index (χ1) is 16.3. The van der Waals surface area contributed by atoms with Crippen LogP contribution in [0.3, 0.4) is 0 Å². The minimum Gasteiger partial charge on any atom is -0.378 e. The van der Waals surface area contributed by atoms with Gasteiger partial charge in [0.1, 0.15) is 5.60 Å². The van der Waals surface area contributed by atoms with E-state index >= 15 is 0 Å². The van der Waals surface area contributed by atoms with Gasteiger partial charge >= 0.3 is 11.6 Å². The number of nitrogens with zero attached hydrogens (tertiary/aromatic N) is 4. The van der Waals surface area contributed by atoms with Crippen LogP contribution >= 0.6 is 0 Å². The summed E-state index contributed by atoms with van der Waals surface area (Å²) in [6.45, 7) is 0. The lowest BCUT2D eigenvalue weighted by atomic mass is 9.83. The van der Waals surface area contributed by atoms with Crippen molar-refractivity contribution < 1.29 is 19.8 Å². The molecule has 0 bridgehead atoms. The van der Waals surface area contributed by atoms with Crippen molar-refractivity contribution in [2.45, 2.75) is 56.1 Å². The van der Waals surface area contributed by atoms with Crippen LogP contribution in [-0.2, 0) is 0 Å². The van der Waals surface area contributed by atoms with Gasteiger partial charge in [0.15, 0.2) is 0 Å². The Morgan fingerprint density at radius 3 is 2.65 bits per heavy atom. The summed E-state index contributed by atoms with van der Waals surface area (Å²) in [5.41, 5.74) is 2.24. The molecule has 0 atom stereocenters. The molecule has 0 aliphatic heterocycles. The van der Waals surface area contributed by atoms with Gasteiger partial charge in [-0.25, -0.2) is 0 Å². The lowest BCUT2D eigenvalue weighted by molar-refractivity contribution is -0.910. The maximum Gasteiger partial charge on any atom is 0.325 e. The van der Waals surface area contributed by atoms with E-state index in [2.05, 4.69) is 11.2 Å². The number of hydrogen-bond acceptors (Lipinski definition) is 5. The normalized spacial score (nSPS) is 22.4. The lowest BCUT2D eigenvalue weighted by Crippen LogP contribution is -2.43. The molecule has 2 heterocycles. The van der Waals surface area contributed by atoms with Crippen LogP contribution in [0, 0.1) is 12.3 Å². The van der Waals surface area contributed by atoms with Gasteiger partial charge < -0.3 is 15.3 Å². The predicted octanol–water partition coefficient (Wildman–Crippen LogP) is 3.24. The van der Waals surface area contributed by atoms with Gasteiger partial charge in [0.2, 0.25) is 5.69 Å². The van der Waals surface area contributed by atoms with Crippen LogP contribution in [0.15, 0.2) is 36.5 Å². The summed E-state index contributed by atoms with van der Waals surface area (Å²) in [6.07, 6.45) is 12.1. The zero-order valence-corrected chi connectivity index (χ0v) is 19.5. The van der Waals surface area contributed by atoms with Crippen molar-refractivity contribution in [1.29, 1.82) is 0 Å². The Labute approximate surface area is 198 Å². The number of aromatic nitrogens is 3. The summed E-state index contributed by atoms with van der Waals surface area (Å²) in [7, 11) is 3.82. The number of fused-ring (bicyclic) bond motifs is 1. The van der Waals surface area contributed by atoms with Gasteiger partial charge in [0.25, 0.3) is 0 Å². The van der Waals surface area contributed by atoms with Gasteiger partial charge in [0, 0.05) is 48.5 Å². The Kier molecular flexibility index (Phi) is 5.45. The average Bonchev–Trinajstić information content (AvgIpc) is 3.58. The molecule has 0 unspecified atom stereocenters. The molecule has 2 saturated carbocycles. The molecule has 0 saturated heterocycles. The number of pyridine rings is 1. The van der Waals surface area contributed by atoms with Crippen LogP contribution in [0.4, 0.5) is 11.4 Å². The number of nitrogens with one attached hydrogen (secondary N) is 1. The van der Waals surface area contributed by atoms with E-state index in [1.807, 2.05) is 48.1 Å². The molecule has 2 aliphatic carbocycles. The quantitative estimate of drug-likeness (QED) is 0.309. The molecule has 8 nitrogen and oxygen atoms in total. The highest BCUT2D eigenvalue weighted by atomic mass is 16.5. The predicted molar refractivity (Wildman–Crippen MR) is 129 cm³/mol. The lowest BCUT2D eigenvalue weighted by Gasteiger charge is -2.32. The molecule has 0 spiro atoms. The van der Waals surface area contributed by atoms with Crippen molar-refractivity contribution in [1.82, 2.24) is 9.78 Å². The van der Waals surface area contributed by atoms with Gasteiger partial charge in [-0.15, -0.1) is 6.42 Å².